The van der Waals surface area contributed by atoms with Gasteiger partial charge in [0.15, 0.2) is 5.82 Å². The van der Waals surface area contributed by atoms with Crippen LogP contribution in [0.15, 0.2) is 36.5 Å². The highest BCUT2D eigenvalue weighted by Gasteiger charge is 2.37. The van der Waals surface area contributed by atoms with E-state index in [4.69, 9.17) is 4.74 Å². The number of hydrogen-bond acceptors (Lipinski definition) is 6. The van der Waals surface area contributed by atoms with E-state index in [0.29, 0.717) is 17.8 Å². The summed E-state index contributed by atoms with van der Waals surface area (Å²) in [6, 6.07) is 6.43. The summed E-state index contributed by atoms with van der Waals surface area (Å²) in [5.41, 5.74) is 1.56. The van der Waals surface area contributed by atoms with Crippen LogP contribution < -0.4 is 10.6 Å². The lowest BCUT2D eigenvalue weighted by atomic mass is 10.1. The van der Waals surface area contributed by atoms with Crippen molar-refractivity contribution in [2.45, 2.75) is 39.5 Å². The number of rotatable bonds is 6. The third-order valence-corrected chi connectivity index (χ3v) is 5.22. The Kier molecular flexibility index (Phi) is 8.00. The standard InChI is InChI=1S/C23H28FN5O5/c1-14(2)34-21(30)19-13-28(9-10-29(19)23(32)33)12-16-5-4-6-18(20(16)24)27-22(31)26-17-8-7-15(3)25-11-17/h4-8,11,14,19H,9-10,12-13H2,1-3H3,(H,32,33)(H2,26,27,31)/t19-/m1/s1. The molecule has 0 radical (unpaired) electrons. The molecule has 2 heterocycles. The lowest BCUT2D eigenvalue weighted by Gasteiger charge is -2.38. The van der Waals surface area contributed by atoms with Crippen molar-refractivity contribution in [3.8, 4) is 0 Å². The second-order valence-electron chi connectivity index (χ2n) is 8.26. The second-order valence-corrected chi connectivity index (χ2v) is 8.26. The van der Waals surface area contributed by atoms with Crippen molar-refractivity contribution < 1.29 is 28.6 Å². The van der Waals surface area contributed by atoms with E-state index in [1.54, 1.807) is 43.0 Å². The Morgan fingerprint density at radius 2 is 1.97 bits per heavy atom. The van der Waals surface area contributed by atoms with Gasteiger partial charge in [-0.25, -0.2) is 18.8 Å². The van der Waals surface area contributed by atoms with Gasteiger partial charge < -0.3 is 20.5 Å². The quantitative estimate of drug-likeness (QED) is 0.550. The fraction of sp³-hybridized carbons (Fsp3) is 0.391. The smallest absolute Gasteiger partial charge is 0.408 e. The number of urea groups is 1. The number of hydrogen-bond donors (Lipinski definition) is 3. The highest BCUT2D eigenvalue weighted by molar-refractivity contribution is 5.99. The number of nitrogens with one attached hydrogen (secondary N) is 2. The molecule has 1 aliphatic heterocycles. The molecule has 1 aliphatic rings. The monoisotopic (exact) mass is 473 g/mol. The minimum atomic E-state index is -1.21. The summed E-state index contributed by atoms with van der Waals surface area (Å²) in [6.45, 7) is 5.78. The SMILES string of the molecule is Cc1ccc(NC(=O)Nc2cccc(CN3CCN(C(=O)O)[C@@H](C(=O)OC(C)C)C3)c2F)cn1. The van der Waals surface area contributed by atoms with Gasteiger partial charge in [0, 0.05) is 37.4 Å². The molecule has 182 valence electrons. The number of halogens is 1. The van der Waals surface area contributed by atoms with Crippen LogP contribution >= 0.6 is 0 Å². The molecule has 1 saturated heterocycles. The summed E-state index contributed by atoms with van der Waals surface area (Å²) in [7, 11) is 0. The molecule has 1 fully saturated rings. The largest absolute Gasteiger partial charge is 0.465 e. The minimum absolute atomic E-state index is 0.00462. The Labute approximate surface area is 196 Å². The van der Waals surface area contributed by atoms with Crippen LogP contribution in [0, 0.1) is 12.7 Å². The van der Waals surface area contributed by atoms with Crippen molar-refractivity contribution in [2.75, 3.05) is 30.3 Å². The average Bonchev–Trinajstić information content (AvgIpc) is 2.77. The Hall–Kier alpha value is -3.73. The molecule has 3 amide bonds. The van der Waals surface area contributed by atoms with E-state index in [-0.39, 0.29) is 31.4 Å². The summed E-state index contributed by atoms with van der Waals surface area (Å²) in [5, 5.41) is 14.5. The van der Waals surface area contributed by atoms with E-state index in [9.17, 15) is 19.5 Å². The third-order valence-electron chi connectivity index (χ3n) is 5.22. The van der Waals surface area contributed by atoms with Crippen molar-refractivity contribution >= 4 is 29.5 Å². The molecule has 3 N–H and O–H groups in total. The number of amides is 3. The number of aryl methyl sites for hydroxylation is 1. The molecule has 11 heteroatoms. The Morgan fingerprint density at radius 1 is 1.21 bits per heavy atom. The molecule has 0 unspecified atom stereocenters. The van der Waals surface area contributed by atoms with Crippen molar-refractivity contribution in [3.63, 3.8) is 0 Å². The maximum Gasteiger partial charge on any atom is 0.408 e. The molecular formula is C23H28FN5O5. The lowest BCUT2D eigenvalue weighted by Crippen LogP contribution is -2.58. The minimum Gasteiger partial charge on any atom is -0.465 e. The summed E-state index contributed by atoms with van der Waals surface area (Å²) in [4.78, 5) is 43.2. The molecule has 0 spiro atoms. The number of nitrogens with zero attached hydrogens (tertiary/aromatic N) is 3. The van der Waals surface area contributed by atoms with Crippen LogP contribution in [-0.2, 0) is 16.1 Å². The van der Waals surface area contributed by atoms with Gasteiger partial charge in [-0.1, -0.05) is 12.1 Å². The van der Waals surface area contributed by atoms with Gasteiger partial charge in [0.05, 0.1) is 23.7 Å². The van der Waals surface area contributed by atoms with Crippen LogP contribution in [-0.4, -0.2) is 69.8 Å². The van der Waals surface area contributed by atoms with Gasteiger partial charge in [0.25, 0.3) is 0 Å². The molecule has 1 atom stereocenters. The number of aromatic nitrogens is 1. The number of piperazine rings is 1. The summed E-state index contributed by atoms with van der Waals surface area (Å²) in [6.07, 6.45) is -0.0998. The fourth-order valence-corrected chi connectivity index (χ4v) is 3.59. The van der Waals surface area contributed by atoms with Crippen molar-refractivity contribution in [3.05, 3.63) is 53.6 Å². The second kappa shape index (κ2) is 10.9. The molecule has 34 heavy (non-hydrogen) atoms. The van der Waals surface area contributed by atoms with Crippen LogP contribution in [0.4, 0.5) is 25.4 Å². The van der Waals surface area contributed by atoms with E-state index < -0.39 is 30.0 Å². The van der Waals surface area contributed by atoms with Gasteiger partial charge in [-0.05, 0) is 39.0 Å². The first-order valence-electron chi connectivity index (χ1n) is 10.8. The van der Waals surface area contributed by atoms with E-state index >= 15 is 4.39 Å². The molecule has 0 bridgehead atoms. The highest BCUT2D eigenvalue weighted by atomic mass is 19.1. The first-order valence-corrected chi connectivity index (χ1v) is 10.8. The van der Waals surface area contributed by atoms with Gasteiger partial charge in [0.2, 0.25) is 0 Å². The third kappa shape index (κ3) is 6.41. The fourth-order valence-electron chi connectivity index (χ4n) is 3.59. The topological polar surface area (TPSA) is 124 Å². The van der Waals surface area contributed by atoms with Crippen LogP contribution in [0.5, 0.6) is 0 Å². The predicted molar refractivity (Wildman–Crippen MR) is 123 cm³/mol. The summed E-state index contributed by atoms with van der Waals surface area (Å²) in [5.74, 6) is -1.25. The van der Waals surface area contributed by atoms with Crippen LogP contribution in [0.3, 0.4) is 0 Å². The molecule has 3 rings (SSSR count). The van der Waals surface area contributed by atoms with Gasteiger partial charge in [0.1, 0.15) is 6.04 Å². The first-order chi connectivity index (χ1) is 16.1. The number of anilines is 2. The van der Waals surface area contributed by atoms with Crippen LogP contribution in [0.25, 0.3) is 0 Å². The van der Waals surface area contributed by atoms with Gasteiger partial charge in [-0.15, -0.1) is 0 Å². The van der Waals surface area contributed by atoms with Gasteiger partial charge >= 0.3 is 18.1 Å². The highest BCUT2D eigenvalue weighted by Crippen LogP contribution is 2.22. The molecule has 2 aromatic rings. The lowest BCUT2D eigenvalue weighted by molar-refractivity contribution is -0.155. The number of ether oxygens (including phenoxy) is 1. The molecular weight excluding hydrogens is 445 g/mol. The number of benzene rings is 1. The first kappa shape index (κ1) is 24.9. The van der Waals surface area contributed by atoms with Gasteiger partial charge in [-0.3, -0.25) is 14.8 Å². The molecule has 1 aromatic heterocycles. The van der Waals surface area contributed by atoms with Crippen molar-refractivity contribution in [1.82, 2.24) is 14.8 Å². The zero-order valence-corrected chi connectivity index (χ0v) is 19.2. The van der Waals surface area contributed by atoms with E-state index in [2.05, 4.69) is 15.6 Å². The van der Waals surface area contributed by atoms with E-state index in [0.717, 1.165) is 10.6 Å². The molecule has 0 saturated carbocycles. The Balaban J connectivity index is 1.67. The summed E-state index contributed by atoms with van der Waals surface area (Å²) < 4.78 is 20.3. The summed E-state index contributed by atoms with van der Waals surface area (Å²) >= 11 is 0. The van der Waals surface area contributed by atoms with Crippen molar-refractivity contribution in [1.29, 1.82) is 0 Å². The van der Waals surface area contributed by atoms with Crippen LogP contribution in [0.2, 0.25) is 0 Å². The number of esters is 1. The molecule has 1 aromatic carbocycles. The zero-order valence-electron chi connectivity index (χ0n) is 19.2. The molecule has 10 nitrogen and oxygen atoms in total. The van der Waals surface area contributed by atoms with E-state index in [1.165, 1.54) is 12.3 Å². The average molecular weight is 474 g/mol. The normalized spacial score (nSPS) is 16.3. The zero-order chi connectivity index (χ0) is 24.8. The maximum absolute atomic E-state index is 15.1. The van der Waals surface area contributed by atoms with E-state index in [1.807, 2.05) is 6.92 Å². The van der Waals surface area contributed by atoms with Crippen LogP contribution in [0.1, 0.15) is 25.1 Å². The Morgan fingerprint density at radius 3 is 2.62 bits per heavy atom. The predicted octanol–water partition coefficient (Wildman–Crippen LogP) is 3.29. The number of carboxylic acid groups (broad SMARTS) is 1. The molecule has 0 aliphatic carbocycles. The van der Waals surface area contributed by atoms with Gasteiger partial charge in [-0.2, -0.15) is 0 Å². The number of pyridine rings is 1. The van der Waals surface area contributed by atoms with Crippen molar-refractivity contribution in [2.24, 2.45) is 0 Å². The number of carbonyl (C=O) groups is 3. The Bertz CT molecular complexity index is 1050. The maximum atomic E-state index is 15.1. The number of carbonyl (C=O) groups excluding carboxylic acids is 2.